The Labute approximate surface area is 115 Å². The van der Waals surface area contributed by atoms with E-state index in [0.717, 1.165) is 18.5 Å². The predicted octanol–water partition coefficient (Wildman–Crippen LogP) is 1.67. The highest BCUT2D eigenvalue weighted by atomic mass is 16.5. The van der Waals surface area contributed by atoms with Gasteiger partial charge in [-0.2, -0.15) is 0 Å². The van der Waals surface area contributed by atoms with E-state index in [-0.39, 0.29) is 5.69 Å². The first-order chi connectivity index (χ1) is 9.78. The van der Waals surface area contributed by atoms with Crippen molar-refractivity contribution in [3.8, 4) is 0 Å². The van der Waals surface area contributed by atoms with Gasteiger partial charge in [0.15, 0.2) is 11.5 Å². The zero-order chi connectivity index (χ0) is 13.9. The molecule has 0 aromatic carbocycles. The van der Waals surface area contributed by atoms with Crippen LogP contribution < -0.4 is 5.32 Å². The molecule has 7 heteroatoms. The van der Waals surface area contributed by atoms with Crippen LogP contribution in [0.25, 0.3) is 0 Å². The van der Waals surface area contributed by atoms with Crippen LogP contribution >= 0.6 is 0 Å². The zero-order valence-corrected chi connectivity index (χ0v) is 10.9. The summed E-state index contributed by atoms with van der Waals surface area (Å²) in [6, 6.07) is 0. The van der Waals surface area contributed by atoms with Gasteiger partial charge in [0, 0.05) is 18.3 Å². The standard InChI is InChI=1S/C13H13N5O2/c1-20-13(19)11-12(18-10-7-14-4-5-15-10)16-6-9(17-11)8-2-3-8/h4-8H,2-3H2,1H3,(H,15,16,18). The lowest BCUT2D eigenvalue weighted by Gasteiger charge is -2.09. The number of carbonyl (C=O) groups excluding carboxylic acids is 1. The van der Waals surface area contributed by atoms with E-state index in [2.05, 4.69) is 25.3 Å². The van der Waals surface area contributed by atoms with E-state index in [1.54, 1.807) is 18.6 Å². The molecule has 0 bridgehead atoms. The maximum atomic E-state index is 11.8. The smallest absolute Gasteiger partial charge is 0.360 e. The van der Waals surface area contributed by atoms with Gasteiger partial charge < -0.3 is 10.1 Å². The number of ether oxygens (including phenoxy) is 1. The van der Waals surface area contributed by atoms with Crippen LogP contribution in [0.15, 0.2) is 24.8 Å². The van der Waals surface area contributed by atoms with E-state index in [1.807, 2.05) is 0 Å². The van der Waals surface area contributed by atoms with Crippen molar-refractivity contribution in [1.82, 2.24) is 19.9 Å². The lowest BCUT2D eigenvalue weighted by atomic mass is 10.3. The minimum absolute atomic E-state index is 0.169. The SMILES string of the molecule is COC(=O)c1nc(C2CC2)cnc1Nc1cnccn1. The Bertz CT molecular complexity index is 628. The lowest BCUT2D eigenvalue weighted by molar-refractivity contribution is 0.0594. The van der Waals surface area contributed by atoms with E-state index in [1.165, 1.54) is 13.3 Å². The highest BCUT2D eigenvalue weighted by Crippen LogP contribution is 2.39. The van der Waals surface area contributed by atoms with Crippen molar-refractivity contribution in [2.45, 2.75) is 18.8 Å². The van der Waals surface area contributed by atoms with Gasteiger partial charge in [-0.3, -0.25) is 4.98 Å². The summed E-state index contributed by atoms with van der Waals surface area (Å²) in [6.07, 6.45) is 8.51. The molecule has 0 saturated heterocycles. The third-order valence-corrected chi connectivity index (χ3v) is 2.98. The maximum absolute atomic E-state index is 11.8. The summed E-state index contributed by atoms with van der Waals surface area (Å²) in [4.78, 5) is 28.5. The fourth-order valence-electron chi connectivity index (χ4n) is 1.79. The van der Waals surface area contributed by atoms with Crippen LogP contribution in [0.5, 0.6) is 0 Å². The summed E-state index contributed by atoms with van der Waals surface area (Å²) in [5, 5.41) is 2.93. The quantitative estimate of drug-likeness (QED) is 0.846. The van der Waals surface area contributed by atoms with Crippen molar-refractivity contribution < 1.29 is 9.53 Å². The average Bonchev–Trinajstić information content (AvgIpc) is 3.33. The molecule has 3 rings (SSSR count). The van der Waals surface area contributed by atoms with Crippen LogP contribution in [0.2, 0.25) is 0 Å². The number of hydrogen-bond acceptors (Lipinski definition) is 7. The number of esters is 1. The molecular formula is C13H13N5O2. The summed E-state index contributed by atoms with van der Waals surface area (Å²) in [5.74, 6) is 0.704. The van der Waals surface area contributed by atoms with E-state index in [0.29, 0.717) is 17.6 Å². The van der Waals surface area contributed by atoms with Gasteiger partial charge in [0.2, 0.25) is 0 Å². The fourth-order valence-corrected chi connectivity index (χ4v) is 1.79. The molecule has 102 valence electrons. The highest BCUT2D eigenvalue weighted by Gasteiger charge is 2.27. The fraction of sp³-hybridized carbons (Fsp3) is 0.308. The Kier molecular flexibility index (Phi) is 3.24. The molecule has 7 nitrogen and oxygen atoms in total. The molecule has 2 aromatic heterocycles. The van der Waals surface area contributed by atoms with E-state index >= 15 is 0 Å². The maximum Gasteiger partial charge on any atom is 0.360 e. The molecule has 0 atom stereocenters. The molecule has 1 aliphatic rings. The van der Waals surface area contributed by atoms with Crippen LogP contribution in [-0.4, -0.2) is 33.0 Å². The Morgan fingerprint density at radius 1 is 1.30 bits per heavy atom. The minimum atomic E-state index is -0.522. The largest absolute Gasteiger partial charge is 0.464 e. The Morgan fingerprint density at radius 2 is 2.15 bits per heavy atom. The number of methoxy groups -OCH3 is 1. The number of hydrogen-bond donors (Lipinski definition) is 1. The second kappa shape index (κ2) is 5.20. The van der Waals surface area contributed by atoms with Gasteiger partial charge in [-0.1, -0.05) is 0 Å². The molecule has 1 aliphatic carbocycles. The van der Waals surface area contributed by atoms with Gasteiger partial charge in [-0.25, -0.2) is 19.7 Å². The molecule has 2 heterocycles. The summed E-state index contributed by atoms with van der Waals surface area (Å²) in [6.45, 7) is 0. The summed E-state index contributed by atoms with van der Waals surface area (Å²) in [5.41, 5.74) is 0.998. The minimum Gasteiger partial charge on any atom is -0.464 e. The van der Waals surface area contributed by atoms with E-state index < -0.39 is 5.97 Å². The molecule has 0 radical (unpaired) electrons. The molecule has 0 amide bonds. The summed E-state index contributed by atoms with van der Waals surface area (Å²) < 4.78 is 4.75. The topological polar surface area (TPSA) is 89.9 Å². The van der Waals surface area contributed by atoms with Crippen molar-refractivity contribution in [3.05, 3.63) is 36.2 Å². The van der Waals surface area contributed by atoms with Crippen LogP contribution in [0.1, 0.15) is 34.9 Å². The van der Waals surface area contributed by atoms with Gasteiger partial charge in [0.25, 0.3) is 0 Å². The van der Waals surface area contributed by atoms with Crippen molar-refractivity contribution in [2.24, 2.45) is 0 Å². The summed E-state index contributed by atoms with van der Waals surface area (Å²) in [7, 11) is 1.32. The Balaban J connectivity index is 1.94. The highest BCUT2D eigenvalue weighted by molar-refractivity contribution is 5.93. The van der Waals surface area contributed by atoms with Gasteiger partial charge in [-0.15, -0.1) is 0 Å². The molecule has 0 aliphatic heterocycles. The van der Waals surface area contributed by atoms with Gasteiger partial charge in [-0.05, 0) is 12.8 Å². The Morgan fingerprint density at radius 3 is 2.80 bits per heavy atom. The second-order valence-corrected chi connectivity index (χ2v) is 4.47. The summed E-state index contributed by atoms with van der Waals surface area (Å²) >= 11 is 0. The normalized spacial score (nSPS) is 13.8. The van der Waals surface area contributed by atoms with Crippen molar-refractivity contribution in [1.29, 1.82) is 0 Å². The first kappa shape index (κ1) is 12.5. The number of aromatic nitrogens is 4. The van der Waals surface area contributed by atoms with Crippen molar-refractivity contribution in [2.75, 3.05) is 12.4 Å². The van der Waals surface area contributed by atoms with E-state index in [4.69, 9.17) is 4.74 Å². The van der Waals surface area contributed by atoms with E-state index in [9.17, 15) is 4.79 Å². The number of nitrogens with zero attached hydrogens (tertiary/aromatic N) is 4. The molecule has 20 heavy (non-hydrogen) atoms. The van der Waals surface area contributed by atoms with Gasteiger partial charge in [0.1, 0.15) is 5.82 Å². The molecule has 2 aromatic rings. The van der Waals surface area contributed by atoms with Gasteiger partial charge in [0.05, 0.1) is 25.2 Å². The third-order valence-electron chi connectivity index (χ3n) is 2.98. The van der Waals surface area contributed by atoms with Crippen LogP contribution in [0.3, 0.4) is 0 Å². The molecule has 0 spiro atoms. The van der Waals surface area contributed by atoms with Crippen LogP contribution in [0.4, 0.5) is 11.6 Å². The Hall–Kier alpha value is -2.57. The molecule has 0 unspecified atom stereocenters. The van der Waals surface area contributed by atoms with Gasteiger partial charge >= 0.3 is 5.97 Å². The average molecular weight is 271 g/mol. The predicted molar refractivity (Wildman–Crippen MR) is 70.7 cm³/mol. The number of nitrogens with one attached hydrogen (secondary N) is 1. The number of rotatable bonds is 4. The number of anilines is 2. The first-order valence-corrected chi connectivity index (χ1v) is 6.26. The lowest BCUT2D eigenvalue weighted by Crippen LogP contribution is -2.12. The van der Waals surface area contributed by atoms with Crippen LogP contribution in [0, 0.1) is 0 Å². The molecular weight excluding hydrogens is 258 g/mol. The second-order valence-electron chi connectivity index (χ2n) is 4.47. The first-order valence-electron chi connectivity index (χ1n) is 6.26. The third kappa shape index (κ3) is 2.56. The zero-order valence-electron chi connectivity index (χ0n) is 10.9. The molecule has 1 saturated carbocycles. The van der Waals surface area contributed by atoms with Crippen molar-refractivity contribution >= 4 is 17.6 Å². The van der Waals surface area contributed by atoms with Crippen LogP contribution in [-0.2, 0) is 4.74 Å². The van der Waals surface area contributed by atoms with Crippen molar-refractivity contribution in [3.63, 3.8) is 0 Å². The number of carbonyl (C=O) groups is 1. The molecule has 1 fully saturated rings. The monoisotopic (exact) mass is 271 g/mol. The molecule has 1 N–H and O–H groups in total.